The lowest BCUT2D eigenvalue weighted by Gasteiger charge is -2.40. The van der Waals surface area contributed by atoms with E-state index < -0.39 is 0 Å². The van der Waals surface area contributed by atoms with Gasteiger partial charge in [-0.25, -0.2) is 0 Å². The van der Waals surface area contributed by atoms with Crippen LogP contribution in [0.2, 0.25) is 0 Å². The average molecular weight is 244 g/mol. The molecule has 0 aromatic heterocycles. The van der Waals surface area contributed by atoms with Crippen LogP contribution in [-0.4, -0.2) is 43.7 Å². The maximum absolute atomic E-state index is 8.79. The molecule has 2 rings (SSSR count). The minimum Gasteiger partial charge on any atom is -0.369 e. The highest BCUT2D eigenvalue weighted by atomic mass is 15.3. The lowest BCUT2D eigenvalue weighted by atomic mass is 10.1. The summed E-state index contributed by atoms with van der Waals surface area (Å²) in [6.07, 6.45) is 0. The van der Waals surface area contributed by atoms with E-state index in [1.807, 2.05) is 24.3 Å². The molecular formula is C14H20N4. The summed E-state index contributed by atoms with van der Waals surface area (Å²) in [5.41, 5.74) is 7.53. The van der Waals surface area contributed by atoms with Crippen LogP contribution in [0.15, 0.2) is 24.3 Å². The van der Waals surface area contributed by atoms with Gasteiger partial charge in [0.05, 0.1) is 11.6 Å². The first-order valence-corrected chi connectivity index (χ1v) is 6.44. The molecular weight excluding hydrogens is 224 g/mol. The first-order valence-electron chi connectivity index (χ1n) is 6.44. The highest BCUT2D eigenvalue weighted by Gasteiger charge is 2.22. The van der Waals surface area contributed by atoms with Gasteiger partial charge in [-0.1, -0.05) is 0 Å². The van der Waals surface area contributed by atoms with E-state index >= 15 is 0 Å². The predicted octanol–water partition coefficient (Wildman–Crippen LogP) is 1.03. The third kappa shape index (κ3) is 2.81. The van der Waals surface area contributed by atoms with Crippen molar-refractivity contribution >= 4 is 5.69 Å². The summed E-state index contributed by atoms with van der Waals surface area (Å²) in [5, 5.41) is 8.79. The van der Waals surface area contributed by atoms with Gasteiger partial charge >= 0.3 is 0 Å². The van der Waals surface area contributed by atoms with Gasteiger partial charge in [0.2, 0.25) is 0 Å². The Kier molecular flexibility index (Phi) is 4.19. The van der Waals surface area contributed by atoms with Gasteiger partial charge in [-0.15, -0.1) is 0 Å². The first-order chi connectivity index (χ1) is 8.74. The third-order valence-electron chi connectivity index (χ3n) is 3.54. The summed E-state index contributed by atoms with van der Waals surface area (Å²) in [5.74, 6) is 0. The van der Waals surface area contributed by atoms with Crippen LogP contribution in [0.4, 0.5) is 5.69 Å². The lowest BCUT2D eigenvalue weighted by Crippen LogP contribution is -2.53. The molecule has 0 amide bonds. The molecule has 0 bridgehead atoms. The molecule has 1 aromatic carbocycles. The lowest BCUT2D eigenvalue weighted by molar-refractivity contribution is 0.195. The summed E-state index contributed by atoms with van der Waals surface area (Å²) < 4.78 is 0. The highest BCUT2D eigenvalue weighted by Crippen LogP contribution is 2.19. The van der Waals surface area contributed by atoms with Crippen LogP contribution in [0.25, 0.3) is 0 Å². The highest BCUT2D eigenvalue weighted by molar-refractivity contribution is 5.50. The van der Waals surface area contributed by atoms with Crippen molar-refractivity contribution in [3.8, 4) is 6.07 Å². The Morgan fingerprint density at radius 1 is 1.33 bits per heavy atom. The minimum absolute atomic E-state index is 0.526. The molecule has 0 aliphatic carbocycles. The van der Waals surface area contributed by atoms with Crippen molar-refractivity contribution < 1.29 is 0 Å². The molecule has 1 aromatic rings. The number of hydrogen-bond acceptors (Lipinski definition) is 4. The number of benzene rings is 1. The second-order valence-corrected chi connectivity index (χ2v) is 4.78. The van der Waals surface area contributed by atoms with Crippen LogP contribution >= 0.6 is 0 Å². The number of piperazine rings is 1. The van der Waals surface area contributed by atoms with Crippen LogP contribution in [0.3, 0.4) is 0 Å². The third-order valence-corrected chi connectivity index (χ3v) is 3.54. The van der Waals surface area contributed by atoms with E-state index in [-0.39, 0.29) is 0 Å². The monoisotopic (exact) mass is 244 g/mol. The molecule has 1 saturated heterocycles. The summed E-state index contributed by atoms with van der Waals surface area (Å²) in [6.45, 7) is 7.04. The van der Waals surface area contributed by atoms with E-state index in [0.717, 1.165) is 32.7 Å². The molecule has 4 nitrogen and oxygen atoms in total. The minimum atomic E-state index is 0.526. The van der Waals surface area contributed by atoms with Crippen molar-refractivity contribution in [1.82, 2.24) is 4.90 Å². The number of nitrogens with two attached hydrogens (primary N) is 1. The molecule has 0 spiro atoms. The van der Waals surface area contributed by atoms with Crippen molar-refractivity contribution in [2.45, 2.75) is 13.0 Å². The van der Waals surface area contributed by atoms with Crippen LogP contribution in [-0.2, 0) is 0 Å². The molecule has 2 N–H and O–H groups in total. The quantitative estimate of drug-likeness (QED) is 0.862. The zero-order valence-corrected chi connectivity index (χ0v) is 10.8. The number of hydrogen-bond donors (Lipinski definition) is 1. The summed E-state index contributed by atoms with van der Waals surface area (Å²) in [6, 6.07) is 10.5. The molecule has 1 atom stereocenters. The van der Waals surface area contributed by atoms with Gasteiger partial charge < -0.3 is 10.6 Å². The average Bonchev–Trinajstić information content (AvgIpc) is 2.41. The summed E-state index contributed by atoms with van der Waals surface area (Å²) in [7, 11) is 0. The van der Waals surface area contributed by atoms with Gasteiger partial charge in [0.1, 0.15) is 0 Å². The molecule has 1 heterocycles. The fraction of sp³-hybridized carbons (Fsp3) is 0.500. The van der Waals surface area contributed by atoms with Gasteiger partial charge in [0.25, 0.3) is 0 Å². The fourth-order valence-corrected chi connectivity index (χ4v) is 2.47. The van der Waals surface area contributed by atoms with Crippen LogP contribution in [0, 0.1) is 11.3 Å². The Morgan fingerprint density at radius 3 is 2.61 bits per heavy atom. The van der Waals surface area contributed by atoms with Crippen molar-refractivity contribution in [2.24, 2.45) is 5.73 Å². The zero-order valence-electron chi connectivity index (χ0n) is 10.8. The zero-order chi connectivity index (χ0) is 13.0. The van der Waals surface area contributed by atoms with Gasteiger partial charge in [-0.2, -0.15) is 5.26 Å². The summed E-state index contributed by atoms with van der Waals surface area (Å²) >= 11 is 0. The van der Waals surface area contributed by atoms with E-state index in [4.69, 9.17) is 11.0 Å². The Labute approximate surface area is 109 Å². The molecule has 4 heteroatoms. The van der Waals surface area contributed by atoms with E-state index in [2.05, 4.69) is 22.8 Å². The van der Waals surface area contributed by atoms with E-state index in [1.165, 1.54) is 5.69 Å². The number of nitriles is 1. The topological polar surface area (TPSA) is 56.3 Å². The second kappa shape index (κ2) is 5.85. The smallest absolute Gasteiger partial charge is 0.0991 e. The largest absolute Gasteiger partial charge is 0.369 e. The van der Waals surface area contributed by atoms with E-state index in [0.29, 0.717) is 11.6 Å². The Balaban J connectivity index is 2.01. The van der Waals surface area contributed by atoms with Gasteiger partial charge in [0, 0.05) is 44.5 Å². The molecule has 1 aliphatic heterocycles. The number of rotatable bonds is 3. The van der Waals surface area contributed by atoms with Gasteiger partial charge in [-0.3, -0.25) is 4.90 Å². The molecule has 1 unspecified atom stereocenters. The normalized spacial score (nSPS) is 20.7. The van der Waals surface area contributed by atoms with Gasteiger partial charge in [-0.05, 0) is 31.2 Å². The summed E-state index contributed by atoms with van der Waals surface area (Å²) in [4.78, 5) is 4.80. The number of nitrogens with zero attached hydrogens (tertiary/aromatic N) is 3. The van der Waals surface area contributed by atoms with Crippen LogP contribution in [0.5, 0.6) is 0 Å². The first kappa shape index (κ1) is 12.9. The molecule has 0 saturated carbocycles. The Bertz CT molecular complexity index is 420. The standard InChI is InChI=1S/C14H20N4/c1-12-11-18(9-8-17(12)7-6-15)14-4-2-13(10-16)3-5-14/h2-5,12H,6-9,11,15H2,1H3. The Hall–Kier alpha value is -1.57. The fourth-order valence-electron chi connectivity index (χ4n) is 2.47. The van der Waals surface area contributed by atoms with Gasteiger partial charge in [0.15, 0.2) is 0 Å². The maximum Gasteiger partial charge on any atom is 0.0991 e. The maximum atomic E-state index is 8.79. The number of anilines is 1. The van der Waals surface area contributed by atoms with E-state index in [9.17, 15) is 0 Å². The SMILES string of the molecule is CC1CN(c2ccc(C#N)cc2)CCN1CCN. The second-order valence-electron chi connectivity index (χ2n) is 4.78. The van der Waals surface area contributed by atoms with Crippen LogP contribution in [0.1, 0.15) is 12.5 Å². The van der Waals surface area contributed by atoms with Crippen molar-refractivity contribution in [3.63, 3.8) is 0 Å². The predicted molar refractivity (Wildman–Crippen MR) is 73.5 cm³/mol. The molecule has 1 aliphatic rings. The molecule has 96 valence electrons. The van der Waals surface area contributed by atoms with Crippen molar-refractivity contribution in [3.05, 3.63) is 29.8 Å². The van der Waals surface area contributed by atoms with Crippen LogP contribution < -0.4 is 10.6 Å². The van der Waals surface area contributed by atoms with E-state index in [1.54, 1.807) is 0 Å². The van der Waals surface area contributed by atoms with Crippen molar-refractivity contribution in [1.29, 1.82) is 5.26 Å². The molecule has 18 heavy (non-hydrogen) atoms. The Morgan fingerprint density at radius 2 is 2.06 bits per heavy atom. The molecule has 0 radical (unpaired) electrons. The molecule has 1 fully saturated rings. The van der Waals surface area contributed by atoms with Crippen molar-refractivity contribution in [2.75, 3.05) is 37.6 Å².